The van der Waals surface area contributed by atoms with E-state index < -0.39 is 29.9 Å². The maximum atomic E-state index is 14.6. The molecule has 0 spiro atoms. The molecule has 5 aromatic rings. The molecule has 1 aliphatic heterocycles. The smallest absolute Gasteiger partial charge is 0.269 e. The Labute approximate surface area is 246 Å². The number of halogens is 2. The zero-order valence-electron chi connectivity index (χ0n) is 21.6. The lowest BCUT2D eigenvalue weighted by Crippen LogP contribution is -2.44. The third kappa shape index (κ3) is 5.29. The summed E-state index contributed by atoms with van der Waals surface area (Å²) < 4.78 is 15.9. The van der Waals surface area contributed by atoms with Crippen LogP contribution in [0.2, 0.25) is 5.02 Å². The molecule has 12 nitrogen and oxygen atoms in total. The van der Waals surface area contributed by atoms with Crippen LogP contribution in [-0.4, -0.2) is 71.6 Å². The van der Waals surface area contributed by atoms with Gasteiger partial charge in [0.1, 0.15) is 18.8 Å². The van der Waals surface area contributed by atoms with Gasteiger partial charge >= 0.3 is 0 Å². The molecule has 42 heavy (non-hydrogen) atoms. The predicted molar refractivity (Wildman–Crippen MR) is 153 cm³/mol. The lowest BCUT2D eigenvalue weighted by Gasteiger charge is -2.23. The highest BCUT2D eigenvalue weighted by Crippen LogP contribution is 2.32. The van der Waals surface area contributed by atoms with Crippen molar-refractivity contribution in [2.24, 2.45) is 5.73 Å². The minimum absolute atomic E-state index is 0.0219. The lowest BCUT2D eigenvalue weighted by atomic mass is 10.0. The molecule has 15 heteroatoms. The summed E-state index contributed by atoms with van der Waals surface area (Å²) in [6.45, 7) is -0.606. The summed E-state index contributed by atoms with van der Waals surface area (Å²) in [5.41, 5.74) is 8.20. The van der Waals surface area contributed by atoms with E-state index in [2.05, 4.69) is 30.8 Å². The van der Waals surface area contributed by atoms with Gasteiger partial charge in [-0.2, -0.15) is 15.3 Å². The molecule has 2 aromatic carbocycles. The Morgan fingerprint density at radius 3 is 2.69 bits per heavy atom. The van der Waals surface area contributed by atoms with Gasteiger partial charge in [-0.1, -0.05) is 47.2 Å². The van der Waals surface area contributed by atoms with Crippen molar-refractivity contribution >= 4 is 56.7 Å². The van der Waals surface area contributed by atoms with Crippen molar-refractivity contribution < 1.29 is 18.8 Å². The average Bonchev–Trinajstić information content (AvgIpc) is 3.71. The second-order valence-corrected chi connectivity index (χ2v) is 10.9. The van der Waals surface area contributed by atoms with Crippen LogP contribution in [-0.2, 0) is 16.1 Å². The largest absolute Gasteiger partial charge is 0.364 e. The van der Waals surface area contributed by atoms with E-state index in [-0.39, 0.29) is 30.3 Å². The zero-order chi connectivity index (χ0) is 29.4. The monoisotopic (exact) mass is 605 g/mol. The molecule has 6 rings (SSSR count). The van der Waals surface area contributed by atoms with Gasteiger partial charge in [0, 0.05) is 22.9 Å². The van der Waals surface area contributed by atoms with Crippen molar-refractivity contribution in [2.75, 3.05) is 11.9 Å². The van der Waals surface area contributed by atoms with Crippen LogP contribution in [0.1, 0.15) is 16.9 Å². The summed E-state index contributed by atoms with van der Waals surface area (Å²) >= 11 is 7.34. The minimum Gasteiger partial charge on any atom is -0.364 e. The highest BCUT2D eigenvalue weighted by atomic mass is 35.5. The highest BCUT2D eigenvalue weighted by Gasteiger charge is 2.40. The Bertz CT molecular complexity index is 1830. The fraction of sp³-hybridized carbons (Fsp3) is 0.185. The van der Waals surface area contributed by atoms with Crippen molar-refractivity contribution in [3.63, 3.8) is 0 Å². The summed E-state index contributed by atoms with van der Waals surface area (Å²) in [5, 5.41) is 24.2. The number of amides is 3. The van der Waals surface area contributed by atoms with Gasteiger partial charge in [-0.25, -0.2) is 4.39 Å². The number of nitrogens with zero attached hydrogens (tertiary/aromatic N) is 7. The SMILES string of the molecule is NC(=O)c1nn(CC(=O)N2C[C@H](F)C[C@H]2C(=O)Nc2nnc(-c3ccccc3Cl)s2)c2ccc(-c3ccnnc3)cc12. The van der Waals surface area contributed by atoms with Crippen molar-refractivity contribution in [1.29, 1.82) is 0 Å². The second kappa shape index (κ2) is 11.2. The first-order valence-electron chi connectivity index (χ1n) is 12.7. The number of nitrogens with one attached hydrogen (secondary N) is 1. The Hall–Kier alpha value is -4.82. The Balaban J connectivity index is 1.22. The molecule has 3 N–H and O–H groups in total. The van der Waals surface area contributed by atoms with Crippen molar-refractivity contribution in [1.82, 2.24) is 35.1 Å². The molecule has 0 saturated carbocycles. The third-order valence-corrected chi connectivity index (χ3v) is 8.02. The number of anilines is 1. The molecule has 1 aliphatic rings. The fourth-order valence-corrected chi connectivity index (χ4v) is 5.92. The van der Waals surface area contributed by atoms with Gasteiger partial charge < -0.3 is 10.6 Å². The molecule has 4 heterocycles. The molecule has 0 unspecified atom stereocenters. The Kier molecular flexibility index (Phi) is 7.31. The number of nitrogens with two attached hydrogens (primary N) is 1. The van der Waals surface area contributed by atoms with E-state index in [1.54, 1.807) is 60.9 Å². The van der Waals surface area contributed by atoms with Crippen molar-refractivity contribution in [2.45, 2.75) is 25.2 Å². The molecule has 212 valence electrons. The number of carbonyl (C=O) groups excluding carboxylic acids is 3. The average molecular weight is 606 g/mol. The van der Waals surface area contributed by atoms with Crippen LogP contribution < -0.4 is 11.1 Å². The number of benzene rings is 2. The number of fused-ring (bicyclic) bond motifs is 1. The molecule has 2 atom stereocenters. The van der Waals surface area contributed by atoms with E-state index >= 15 is 0 Å². The summed E-state index contributed by atoms with van der Waals surface area (Å²) in [5.74, 6) is -1.91. The Morgan fingerprint density at radius 2 is 1.93 bits per heavy atom. The first-order chi connectivity index (χ1) is 20.3. The van der Waals surface area contributed by atoms with Gasteiger partial charge in [-0.05, 0) is 29.8 Å². The third-order valence-electron chi connectivity index (χ3n) is 6.82. The summed E-state index contributed by atoms with van der Waals surface area (Å²) in [6, 6.07) is 13.0. The number of rotatable bonds is 7. The van der Waals surface area contributed by atoms with Crippen LogP contribution in [0.5, 0.6) is 0 Å². The Morgan fingerprint density at radius 1 is 1.10 bits per heavy atom. The van der Waals surface area contributed by atoms with Crippen LogP contribution in [0.15, 0.2) is 60.9 Å². The summed E-state index contributed by atoms with van der Waals surface area (Å²) in [4.78, 5) is 39.9. The topological polar surface area (TPSA) is 162 Å². The predicted octanol–water partition coefficient (Wildman–Crippen LogP) is 3.34. The number of carbonyl (C=O) groups is 3. The van der Waals surface area contributed by atoms with Crippen molar-refractivity contribution in [3.05, 3.63) is 71.6 Å². The number of likely N-dealkylation sites (tertiary alicyclic amines) is 1. The first-order valence-corrected chi connectivity index (χ1v) is 13.9. The van der Waals surface area contributed by atoms with E-state index in [1.165, 1.54) is 9.58 Å². The van der Waals surface area contributed by atoms with Crippen LogP contribution in [0.25, 0.3) is 32.6 Å². The number of alkyl halides is 1. The quantitative estimate of drug-likeness (QED) is 0.285. The van der Waals surface area contributed by atoms with Gasteiger partial charge in [-0.3, -0.25) is 24.4 Å². The summed E-state index contributed by atoms with van der Waals surface area (Å²) in [6.07, 6.45) is 1.54. The molecule has 0 radical (unpaired) electrons. The molecule has 0 bridgehead atoms. The maximum absolute atomic E-state index is 14.6. The van der Waals surface area contributed by atoms with Crippen LogP contribution in [0.4, 0.5) is 9.52 Å². The molecule has 3 amide bonds. The molecule has 1 saturated heterocycles. The van der Waals surface area contributed by atoms with Gasteiger partial charge in [0.2, 0.25) is 16.9 Å². The number of aromatic nitrogens is 6. The van der Waals surface area contributed by atoms with Crippen LogP contribution in [0, 0.1) is 0 Å². The summed E-state index contributed by atoms with van der Waals surface area (Å²) in [7, 11) is 0. The standard InChI is InChI=1S/C27H21ClFN9O3S/c28-19-4-2-1-3-17(19)26-34-35-27(42-26)33-25(41)21-10-16(29)12-37(21)22(39)13-38-20-6-5-14(15-7-8-31-32-11-15)9-18(20)23(36-38)24(30)40/h1-9,11,16,21H,10,12-13H2,(H2,30,40)(H,33,35,41)/t16-,21+/m1/s1. The minimum atomic E-state index is -1.40. The number of primary amides is 1. The number of hydrogen-bond donors (Lipinski definition) is 2. The molecular weight excluding hydrogens is 585 g/mol. The molecule has 3 aromatic heterocycles. The zero-order valence-corrected chi connectivity index (χ0v) is 23.2. The molecular formula is C27H21ClFN9O3S. The van der Waals surface area contributed by atoms with Crippen molar-refractivity contribution in [3.8, 4) is 21.7 Å². The fourth-order valence-electron chi connectivity index (χ4n) is 4.86. The van der Waals surface area contributed by atoms with E-state index in [0.717, 1.165) is 22.5 Å². The lowest BCUT2D eigenvalue weighted by molar-refractivity contribution is -0.137. The highest BCUT2D eigenvalue weighted by molar-refractivity contribution is 7.18. The normalized spacial score (nSPS) is 16.6. The van der Waals surface area contributed by atoms with Gasteiger partial charge in [0.25, 0.3) is 5.91 Å². The number of hydrogen-bond acceptors (Lipinski definition) is 9. The van der Waals surface area contributed by atoms with E-state index in [9.17, 15) is 18.8 Å². The van der Waals surface area contributed by atoms with Crippen LogP contribution >= 0.6 is 22.9 Å². The van der Waals surface area contributed by atoms with E-state index in [4.69, 9.17) is 17.3 Å². The van der Waals surface area contributed by atoms with Crippen LogP contribution in [0.3, 0.4) is 0 Å². The van der Waals surface area contributed by atoms with E-state index in [1.807, 2.05) is 0 Å². The second-order valence-electron chi connectivity index (χ2n) is 9.51. The molecule has 0 aliphatic carbocycles. The van der Waals surface area contributed by atoms with E-state index in [0.29, 0.717) is 26.5 Å². The van der Waals surface area contributed by atoms with Gasteiger partial charge in [-0.15, -0.1) is 10.2 Å². The van der Waals surface area contributed by atoms with Gasteiger partial charge in [0.05, 0.1) is 29.5 Å². The maximum Gasteiger partial charge on any atom is 0.269 e. The first kappa shape index (κ1) is 27.4. The molecule has 1 fully saturated rings. The van der Waals surface area contributed by atoms with Gasteiger partial charge in [0.15, 0.2) is 10.7 Å².